The van der Waals surface area contributed by atoms with E-state index in [-0.39, 0.29) is 18.1 Å². The lowest BCUT2D eigenvalue weighted by Gasteiger charge is -2.21. The van der Waals surface area contributed by atoms with E-state index in [0.717, 1.165) is 37.7 Å². The molecule has 1 amide bonds. The number of hydrogen-bond acceptors (Lipinski definition) is 5. The second-order valence-corrected chi connectivity index (χ2v) is 6.22. The Labute approximate surface area is 140 Å². The van der Waals surface area contributed by atoms with Crippen LogP contribution in [0.1, 0.15) is 54.3 Å². The van der Waals surface area contributed by atoms with Gasteiger partial charge in [-0.3, -0.25) is 4.79 Å². The fourth-order valence-corrected chi connectivity index (χ4v) is 2.79. The third-order valence-electron chi connectivity index (χ3n) is 4.26. The van der Waals surface area contributed by atoms with Gasteiger partial charge in [-0.2, -0.15) is 0 Å². The molecule has 2 heterocycles. The van der Waals surface area contributed by atoms with Crippen LogP contribution in [0.4, 0.5) is 0 Å². The van der Waals surface area contributed by atoms with Gasteiger partial charge in [-0.1, -0.05) is 18.2 Å². The van der Waals surface area contributed by atoms with Crippen molar-refractivity contribution in [2.24, 2.45) is 0 Å². The first-order valence-electron chi connectivity index (χ1n) is 8.45. The van der Waals surface area contributed by atoms with Gasteiger partial charge in [0.2, 0.25) is 5.89 Å². The van der Waals surface area contributed by atoms with E-state index in [2.05, 4.69) is 10.5 Å². The molecule has 1 aromatic carbocycles. The van der Waals surface area contributed by atoms with Gasteiger partial charge in [-0.25, -0.2) is 15.3 Å². The summed E-state index contributed by atoms with van der Waals surface area (Å²) in [6.45, 7) is 0.663. The van der Waals surface area contributed by atoms with Gasteiger partial charge in [0, 0.05) is 24.5 Å². The van der Waals surface area contributed by atoms with Gasteiger partial charge in [-0.05, 0) is 37.8 Å². The van der Waals surface area contributed by atoms with Crippen molar-refractivity contribution in [1.82, 2.24) is 10.5 Å². The molecule has 24 heavy (non-hydrogen) atoms. The second kappa shape index (κ2) is 6.75. The molecular formula is C18H20N2O4. The first-order chi connectivity index (χ1) is 11.8. The van der Waals surface area contributed by atoms with Crippen LogP contribution in [-0.4, -0.2) is 23.8 Å². The minimum Gasteiger partial charge on any atom is -0.440 e. The molecule has 2 aliphatic rings. The van der Waals surface area contributed by atoms with Gasteiger partial charge in [-0.15, -0.1) is 0 Å². The molecule has 0 unspecified atom stereocenters. The van der Waals surface area contributed by atoms with E-state index in [4.69, 9.17) is 14.0 Å². The van der Waals surface area contributed by atoms with E-state index in [1.165, 1.54) is 0 Å². The van der Waals surface area contributed by atoms with Crippen molar-refractivity contribution >= 4 is 5.91 Å². The Kier molecular flexibility index (Phi) is 4.32. The summed E-state index contributed by atoms with van der Waals surface area (Å²) >= 11 is 0. The Hall–Kier alpha value is -2.18. The molecule has 6 nitrogen and oxygen atoms in total. The highest BCUT2D eigenvalue weighted by Crippen LogP contribution is 2.43. The Morgan fingerprint density at radius 2 is 2.00 bits per heavy atom. The Morgan fingerprint density at radius 3 is 2.71 bits per heavy atom. The highest BCUT2D eigenvalue weighted by molar-refractivity contribution is 5.93. The van der Waals surface area contributed by atoms with Crippen LogP contribution in [0.3, 0.4) is 0 Å². The van der Waals surface area contributed by atoms with Gasteiger partial charge in [0.05, 0.1) is 0 Å². The summed E-state index contributed by atoms with van der Waals surface area (Å²) in [7, 11) is 0. The molecular weight excluding hydrogens is 308 g/mol. The number of benzene rings is 1. The highest BCUT2D eigenvalue weighted by atomic mass is 16.8. The number of aromatic nitrogens is 1. The van der Waals surface area contributed by atoms with Crippen molar-refractivity contribution in [2.45, 2.75) is 44.3 Å². The molecule has 1 atom stereocenters. The summed E-state index contributed by atoms with van der Waals surface area (Å²) in [6, 6.07) is 9.59. The molecule has 6 heteroatoms. The van der Waals surface area contributed by atoms with Crippen molar-refractivity contribution in [2.75, 3.05) is 6.61 Å². The molecule has 126 valence electrons. The molecule has 1 N–H and O–H groups in total. The molecule has 1 saturated heterocycles. The fraction of sp³-hybridized carbons (Fsp3) is 0.444. The van der Waals surface area contributed by atoms with Crippen molar-refractivity contribution in [3.8, 4) is 11.5 Å². The first-order valence-corrected chi connectivity index (χ1v) is 8.45. The number of amides is 1. The van der Waals surface area contributed by atoms with Gasteiger partial charge in [0.15, 0.2) is 12.0 Å². The molecule has 0 spiro atoms. The van der Waals surface area contributed by atoms with E-state index in [9.17, 15) is 4.79 Å². The maximum atomic E-state index is 12.5. The molecule has 0 bridgehead atoms. The molecule has 1 saturated carbocycles. The molecule has 1 aromatic heterocycles. The molecule has 4 rings (SSSR count). The van der Waals surface area contributed by atoms with Crippen LogP contribution in [0.15, 0.2) is 34.7 Å². The number of hydroxylamine groups is 1. The minimum absolute atomic E-state index is 0.279. The van der Waals surface area contributed by atoms with Crippen LogP contribution >= 0.6 is 0 Å². The lowest BCUT2D eigenvalue weighted by molar-refractivity contribution is -0.186. The van der Waals surface area contributed by atoms with Crippen LogP contribution in [0.25, 0.3) is 11.5 Å². The summed E-state index contributed by atoms with van der Waals surface area (Å²) in [5.74, 6) is 1.02. The van der Waals surface area contributed by atoms with Gasteiger partial charge in [0.1, 0.15) is 5.76 Å². The molecule has 2 fully saturated rings. The molecule has 0 radical (unpaired) electrons. The maximum absolute atomic E-state index is 12.5. The second-order valence-electron chi connectivity index (χ2n) is 6.22. The maximum Gasteiger partial charge on any atom is 0.297 e. The van der Waals surface area contributed by atoms with Gasteiger partial charge in [0.25, 0.3) is 5.91 Å². The van der Waals surface area contributed by atoms with E-state index >= 15 is 0 Å². The number of hydrogen-bond donors (Lipinski definition) is 1. The normalized spacial score (nSPS) is 20.8. The van der Waals surface area contributed by atoms with Crippen molar-refractivity contribution in [1.29, 1.82) is 0 Å². The van der Waals surface area contributed by atoms with E-state index < -0.39 is 0 Å². The van der Waals surface area contributed by atoms with E-state index in [0.29, 0.717) is 24.0 Å². The third-order valence-corrected chi connectivity index (χ3v) is 4.26. The predicted molar refractivity (Wildman–Crippen MR) is 86.1 cm³/mol. The number of carbonyl (C=O) groups is 1. The fourth-order valence-electron chi connectivity index (χ4n) is 2.79. The quantitative estimate of drug-likeness (QED) is 0.852. The van der Waals surface area contributed by atoms with Crippen LogP contribution < -0.4 is 5.48 Å². The van der Waals surface area contributed by atoms with Crippen molar-refractivity contribution in [3.05, 3.63) is 41.8 Å². The molecule has 2 aromatic rings. The van der Waals surface area contributed by atoms with E-state index in [1.54, 1.807) is 0 Å². The minimum atomic E-state index is -0.382. The number of carbonyl (C=O) groups excluding carboxylic acids is 1. The number of ether oxygens (including phenoxy) is 1. The largest absolute Gasteiger partial charge is 0.440 e. The number of oxazole rings is 1. The SMILES string of the molecule is O=C(NO[C@H]1CCCCO1)c1nc(-c2ccccc2)oc1C1CC1. The van der Waals surface area contributed by atoms with Crippen LogP contribution in [0.5, 0.6) is 0 Å². The lowest BCUT2D eigenvalue weighted by Crippen LogP contribution is -2.33. The third kappa shape index (κ3) is 3.34. The zero-order valence-electron chi connectivity index (χ0n) is 13.4. The highest BCUT2D eigenvalue weighted by Gasteiger charge is 2.34. The number of rotatable bonds is 5. The summed E-state index contributed by atoms with van der Waals surface area (Å²) in [5.41, 5.74) is 3.64. The van der Waals surface area contributed by atoms with Gasteiger partial charge >= 0.3 is 0 Å². The van der Waals surface area contributed by atoms with Crippen molar-refractivity contribution < 1.29 is 18.8 Å². The molecule has 1 aliphatic heterocycles. The Morgan fingerprint density at radius 1 is 1.17 bits per heavy atom. The monoisotopic (exact) mass is 328 g/mol. The Balaban J connectivity index is 1.50. The van der Waals surface area contributed by atoms with Crippen LogP contribution in [0.2, 0.25) is 0 Å². The first kappa shape index (κ1) is 15.4. The number of nitrogens with one attached hydrogen (secondary N) is 1. The smallest absolute Gasteiger partial charge is 0.297 e. The standard InChI is InChI=1S/C18H20N2O4/c21-17(20-24-14-8-4-5-11-22-14)15-16(12-9-10-12)23-18(19-15)13-6-2-1-3-7-13/h1-3,6-7,12,14H,4-5,8-11H2,(H,20,21)/t14-/m0/s1. The van der Waals surface area contributed by atoms with Crippen molar-refractivity contribution in [3.63, 3.8) is 0 Å². The van der Waals surface area contributed by atoms with Gasteiger partial charge < -0.3 is 9.15 Å². The molecule has 1 aliphatic carbocycles. The van der Waals surface area contributed by atoms with Crippen LogP contribution in [0, 0.1) is 0 Å². The summed E-state index contributed by atoms with van der Waals surface area (Å²) in [6.07, 6.45) is 4.52. The zero-order valence-corrected chi connectivity index (χ0v) is 13.4. The Bertz CT molecular complexity index is 703. The number of nitrogens with zero attached hydrogens (tertiary/aromatic N) is 1. The topological polar surface area (TPSA) is 73.6 Å². The average Bonchev–Trinajstić information content (AvgIpc) is 3.39. The summed E-state index contributed by atoms with van der Waals surface area (Å²) in [4.78, 5) is 22.2. The van der Waals surface area contributed by atoms with Crippen LogP contribution in [-0.2, 0) is 9.57 Å². The summed E-state index contributed by atoms with van der Waals surface area (Å²) < 4.78 is 11.3. The average molecular weight is 328 g/mol. The predicted octanol–water partition coefficient (Wildman–Crippen LogP) is 3.41. The summed E-state index contributed by atoms with van der Waals surface area (Å²) in [5, 5.41) is 0. The lowest BCUT2D eigenvalue weighted by atomic mass is 10.2. The zero-order chi connectivity index (χ0) is 16.4. The van der Waals surface area contributed by atoms with E-state index in [1.807, 2.05) is 30.3 Å².